The van der Waals surface area contributed by atoms with Gasteiger partial charge in [0.05, 0.1) is 12.1 Å². The van der Waals surface area contributed by atoms with Crippen molar-refractivity contribution >= 4 is 17.4 Å². The third-order valence-corrected chi connectivity index (χ3v) is 4.37. The summed E-state index contributed by atoms with van der Waals surface area (Å²) in [7, 11) is 1.25. The molecular weight excluding hydrogens is 398 g/mol. The molecule has 2 aromatic carbocycles. The van der Waals surface area contributed by atoms with E-state index in [4.69, 9.17) is 5.73 Å². The zero-order valence-corrected chi connectivity index (χ0v) is 15.8. The number of nitrogens with zero attached hydrogens (tertiary/aromatic N) is 2. The Balaban J connectivity index is 2.03. The van der Waals surface area contributed by atoms with Crippen LogP contribution in [0.4, 0.5) is 20.3 Å². The van der Waals surface area contributed by atoms with Gasteiger partial charge in [-0.3, -0.25) is 19.1 Å². The van der Waals surface area contributed by atoms with Crippen molar-refractivity contribution in [2.45, 2.75) is 13.2 Å². The molecule has 1 heterocycles. The number of anilines is 2. The second-order valence-corrected chi connectivity index (χ2v) is 6.30. The van der Waals surface area contributed by atoms with E-state index in [1.165, 1.54) is 31.3 Å². The smallest absolute Gasteiger partial charge is 0.387 e. The molecule has 8 nitrogen and oxygen atoms in total. The quantitative estimate of drug-likeness (QED) is 0.639. The standard InChI is InChI=1S/C20H18F2N4O4/c1-25(18(28)13-9-5-6-10-14(13)30-19(21)22)15-16(23)26(20(29)24-17(15)27)11-12-7-3-2-4-8-12/h2-10,19H,11,23H2,1H3,(H,24,27,29). The van der Waals surface area contributed by atoms with Gasteiger partial charge in [0.25, 0.3) is 11.5 Å². The number of rotatable bonds is 6. The Morgan fingerprint density at radius 3 is 2.43 bits per heavy atom. The topological polar surface area (TPSA) is 110 Å². The Morgan fingerprint density at radius 2 is 1.77 bits per heavy atom. The molecule has 0 spiro atoms. The van der Waals surface area contributed by atoms with Crippen LogP contribution in [0.5, 0.6) is 5.75 Å². The van der Waals surface area contributed by atoms with E-state index in [-0.39, 0.29) is 29.4 Å². The predicted molar refractivity (Wildman–Crippen MR) is 107 cm³/mol. The number of amides is 1. The lowest BCUT2D eigenvalue weighted by atomic mass is 10.1. The number of para-hydroxylation sites is 1. The summed E-state index contributed by atoms with van der Waals surface area (Å²) >= 11 is 0. The minimum Gasteiger partial charge on any atom is -0.434 e. The number of aromatic amines is 1. The van der Waals surface area contributed by atoms with E-state index < -0.39 is 23.8 Å². The van der Waals surface area contributed by atoms with Gasteiger partial charge in [0, 0.05) is 7.05 Å². The van der Waals surface area contributed by atoms with Gasteiger partial charge in [-0.05, 0) is 17.7 Å². The molecule has 3 rings (SSSR count). The first kappa shape index (κ1) is 20.8. The van der Waals surface area contributed by atoms with Gasteiger partial charge >= 0.3 is 12.3 Å². The van der Waals surface area contributed by atoms with Crippen molar-refractivity contribution in [1.82, 2.24) is 9.55 Å². The van der Waals surface area contributed by atoms with Gasteiger partial charge in [0.2, 0.25) is 0 Å². The Morgan fingerprint density at radius 1 is 1.13 bits per heavy atom. The highest BCUT2D eigenvalue weighted by Gasteiger charge is 2.25. The van der Waals surface area contributed by atoms with Gasteiger partial charge < -0.3 is 15.4 Å². The number of ether oxygens (including phenoxy) is 1. The first-order valence-electron chi connectivity index (χ1n) is 8.78. The van der Waals surface area contributed by atoms with Crippen LogP contribution in [-0.4, -0.2) is 29.1 Å². The van der Waals surface area contributed by atoms with Gasteiger partial charge in [-0.2, -0.15) is 8.78 Å². The lowest BCUT2D eigenvalue weighted by molar-refractivity contribution is -0.0501. The van der Waals surface area contributed by atoms with Gasteiger partial charge in [0.15, 0.2) is 5.69 Å². The molecule has 1 aromatic heterocycles. The zero-order valence-electron chi connectivity index (χ0n) is 15.8. The normalized spacial score (nSPS) is 10.8. The number of nitrogen functional groups attached to an aromatic ring is 1. The number of carbonyl (C=O) groups excluding carboxylic acids is 1. The van der Waals surface area contributed by atoms with Gasteiger partial charge in [-0.15, -0.1) is 0 Å². The average molecular weight is 416 g/mol. The number of aromatic nitrogens is 2. The summed E-state index contributed by atoms with van der Waals surface area (Å²) < 4.78 is 30.8. The summed E-state index contributed by atoms with van der Waals surface area (Å²) in [5.41, 5.74) is 4.70. The zero-order chi connectivity index (χ0) is 21.8. The highest BCUT2D eigenvalue weighted by Crippen LogP contribution is 2.25. The van der Waals surface area contributed by atoms with E-state index in [9.17, 15) is 23.2 Å². The molecule has 0 atom stereocenters. The molecule has 0 saturated heterocycles. The van der Waals surface area contributed by atoms with Gasteiger partial charge in [0.1, 0.15) is 11.6 Å². The second kappa shape index (κ2) is 8.60. The highest BCUT2D eigenvalue weighted by molar-refractivity contribution is 6.08. The number of nitrogens with two attached hydrogens (primary N) is 1. The lowest BCUT2D eigenvalue weighted by Gasteiger charge is -2.21. The van der Waals surface area contributed by atoms with E-state index in [0.717, 1.165) is 15.0 Å². The van der Waals surface area contributed by atoms with E-state index in [1.54, 1.807) is 30.3 Å². The second-order valence-electron chi connectivity index (χ2n) is 6.30. The number of carbonyl (C=O) groups is 1. The minimum absolute atomic E-state index is 0.0579. The van der Waals surface area contributed by atoms with Crippen molar-refractivity contribution in [2.75, 3.05) is 17.7 Å². The van der Waals surface area contributed by atoms with E-state index in [2.05, 4.69) is 9.72 Å². The molecular formula is C20H18F2N4O4. The number of hydrogen-bond donors (Lipinski definition) is 2. The van der Waals surface area contributed by atoms with Crippen molar-refractivity contribution in [3.05, 3.63) is 86.6 Å². The van der Waals surface area contributed by atoms with Crippen molar-refractivity contribution in [3.8, 4) is 5.75 Å². The van der Waals surface area contributed by atoms with Crippen LogP contribution in [0.15, 0.2) is 64.2 Å². The number of halogens is 2. The van der Waals surface area contributed by atoms with Crippen molar-refractivity contribution < 1.29 is 18.3 Å². The highest BCUT2D eigenvalue weighted by atomic mass is 19.3. The summed E-state index contributed by atoms with van der Waals surface area (Å²) in [6, 6.07) is 14.3. The molecule has 156 valence electrons. The first-order valence-corrected chi connectivity index (χ1v) is 8.78. The summed E-state index contributed by atoms with van der Waals surface area (Å²) in [6.07, 6.45) is 0. The number of alkyl halides is 2. The summed E-state index contributed by atoms with van der Waals surface area (Å²) in [6.45, 7) is -3.08. The number of nitrogens with one attached hydrogen (secondary N) is 1. The fourth-order valence-electron chi connectivity index (χ4n) is 2.95. The summed E-state index contributed by atoms with van der Waals surface area (Å²) in [5, 5.41) is 0. The summed E-state index contributed by atoms with van der Waals surface area (Å²) in [5.74, 6) is -1.40. The molecule has 30 heavy (non-hydrogen) atoms. The molecule has 10 heteroatoms. The number of benzene rings is 2. The van der Waals surface area contributed by atoms with Crippen LogP contribution in [0.2, 0.25) is 0 Å². The Kier molecular flexibility index (Phi) is 5.95. The van der Waals surface area contributed by atoms with Gasteiger partial charge in [-0.1, -0.05) is 42.5 Å². The molecule has 1 amide bonds. The Hall–Kier alpha value is -3.95. The molecule has 0 bridgehead atoms. The maximum atomic E-state index is 12.9. The Labute approximate surface area is 169 Å². The number of hydrogen-bond acceptors (Lipinski definition) is 5. The third-order valence-electron chi connectivity index (χ3n) is 4.37. The largest absolute Gasteiger partial charge is 0.434 e. The molecule has 3 aromatic rings. The van der Waals surface area contributed by atoms with Crippen LogP contribution in [0, 0.1) is 0 Å². The van der Waals surface area contributed by atoms with Gasteiger partial charge in [-0.25, -0.2) is 4.79 Å². The molecule has 0 aliphatic carbocycles. The molecule has 0 unspecified atom stereocenters. The summed E-state index contributed by atoms with van der Waals surface area (Å²) in [4.78, 5) is 40.6. The fourth-order valence-corrected chi connectivity index (χ4v) is 2.95. The molecule has 0 aliphatic rings. The molecule has 0 fully saturated rings. The van der Waals surface area contributed by atoms with Crippen LogP contribution in [0.1, 0.15) is 15.9 Å². The minimum atomic E-state index is -3.13. The maximum absolute atomic E-state index is 12.9. The molecule has 0 aliphatic heterocycles. The number of H-pyrrole nitrogens is 1. The van der Waals surface area contributed by atoms with Crippen molar-refractivity contribution in [1.29, 1.82) is 0 Å². The molecule has 0 radical (unpaired) electrons. The van der Waals surface area contributed by atoms with Crippen LogP contribution in [-0.2, 0) is 6.54 Å². The average Bonchev–Trinajstić information content (AvgIpc) is 2.71. The predicted octanol–water partition coefficient (Wildman–Crippen LogP) is 2.05. The van der Waals surface area contributed by atoms with Crippen LogP contribution in [0.3, 0.4) is 0 Å². The third kappa shape index (κ3) is 4.22. The maximum Gasteiger partial charge on any atom is 0.387 e. The van der Waals surface area contributed by atoms with Crippen LogP contribution < -0.4 is 26.6 Å². The first-order chi connectivity index (χ1) is 14.3. The lowest BCUT2D eigenvalue weighted by Crippen LogP contribution is -2.39. The SMILES string of the molecule is CN(C(=O)c1ccccc1OC(F)F)c1c(N)n(Cc2ccccc2)c(=O)[nH]c1=O. The molecule has 3 N–H and O–H groups in total. The van der Waals surface area contributed by atoms with E-state index in [1.807, 2.05) is 0 Å². The van der Waals surface area contributed by atoms with E-state index >= 15 is 0 Å². The monoisotopic (exact) mass is 416 g/mol. The fraction of sp³-hybridized carbons (Fsp3) is 0.150. The van der Waals surface area contributed by atoms with Crippen LogP contribution in [0.25, 0.3) is 0 Å². The molecule has 0 saturated carbocycles. The van der Waals surface area contributed by atoms with Crippen molar-refractivity contribution in [3.63, 3.8) is 0 Å². The Bertz CT molecular complexity index is 1180. The van der Waals surface area contributed by atoms with Crippen molar-refractivity contribution in [2.24, 2.45) is 0 Å². The van der Waals surface area contributed by atoms with E-state index in [0.29, 0.717) is 0 Å². The van der Waals surface area contributed by atoms with Crippen LogP contribution >= 0.6 is 0 Å².